The lowest BCUT2D eigenvalue weighted by atomic mass is 9.96. The van der Waals surface area contributed by atoms with E-state index >= 15 is 0 Å². The van der Waals surface area contributed by atoms with Gasteiger partial charge in [0.25, 0.3) is 5.91 Å². The maximum absolute atomic E-state index is 12.8. The molecule has 1 heterocycles. The van der Waals surface area contributed by atoms with E-state index in [0.29, 0.717) is 31.5 Å². The fourth-order valence-corrected chi connectivity index (χ4v) is 2.59. The van der Waals surface area contributed by atoms with Gasteiger partial charge in [-0.25, -0.2) is 0 Å². The van der Waals surface area contributed by atoms with Gasteiger partial charge in [0.05, 0.1) is 5.92 Å². The van der Waals surface area contributed by atoms with Gasteiger partial charge >= 0.3 is 6.18 Å². The fraction of sp³-hybridized carbons (Fsp3) is 0.533. The Morgan fingerprint density at radius 3 is 2.52 bits per heavy atom. The molecule has 116 valence electrons. The van der Waals surface area contributed by atoms with E-state index in [2.05, 4.69) is 0 Å². The van der Waals surface area contributed by atoms with Crippen molar-refractivity contribution in [2.24, 2.45) is 11.7 Å². The molecule has 0 bridgehead atoms. The van der Waals surface area contributed by atoms with E-state index < -0.39 is 12.1 Å². The summed E-state index contributed by atoms with van der Waals surface area (Å²) >= 11 is 0. The molecule has 0 radical (unpaired) electrons. The largest absolute Gasteiger partial charge is 0.393 e. The molecule has 0 aliphatic carbocycles. The molecule has 2 N–H and O–H groups in total. The zero-order chi connectivity index (χ0) is 15.5. The van der Waals surface area contributed by atoms with Crippen LogP contribution in [-0.4, -0.2) is 36.6 Å². The lowest BCUT2D eigenvalue weighted by Crippen LogP contribution is -2.44. The first kappa shape index (κ1) is 15.8. The van der Waals surface area contributed by atoms with E-state index in [1.54, 1.807) is 24.3 Å². The second-order valence-corrected chi connectivity index (χ2v) is 5.37. The first-order chi connectivity index (χ1) is 9.91. The molecule has 1 aromatic carbocycles. The van der Waals surface area contributed by atoms with E-state index in [0.717, 1.165) is 5.56 Å². The first-order valence-electron chi connectivity index (χ1n) is 7.07. The molecule has 1 amide bonds. The zero-order valence-electron chi connectivity index (χ0n) is 11.7. The molecular formula is C15H19F3N2O. The highest BCUT2D eigenvalue weighted by atomic mass is 19.4. The Morgan fingerprint density at radius 1 is 1.29 bits per heavy atom. The number of carbonyl (C=O) groups excluding carboxylic acids is 1. The average molecular weight is 300 g/mol. The normalized spacial score (nSPS) is 19.6. The minimum absolute atomic E-state index is 0.0999. The van der Waals surface area contributed by atoms with Crippen LogP contribution in [0.2, 0.25) is 0 Å². The lowest BCUT2D eigenvalue weighted by molar-refractivity contribution is -0.184. The third-order valence-electron chi connectivity index (χ3n) is 3.81. The molecule has 1 aromatic rings. The van der Waals surface area contributed by atoms with Crippen LogP contribution in [0, 0.1) is 5.92 Å². The summed E-state index contributed by atoms with van der Waals surface area (Å²) in [5, 5.41) is 0. The van der Waals surface area contributed by atoms with Crippen molar-refractivity contribution < 1.29 is 18.0 Å². The summed E-state index contributed by atoms with van der Waals surface area (Å²) in [6.07, 6.45) is -3.03. The standard InChI is InChI=1S/C15H19F3N2O/c16-15(17,18)13-2-1-9-20(10-13)14(21)12-5-3-11(4-6-12)7-8-19/h3-6,13H,1-2,7-10,19H2. The van der Waals surface area contributed by atoms with Crippen molar-refractivity contribution >= 4 is 5.91 Å². The van der Waals surface area contributed by atoms with Crippen molar-refractivity contribution in [1.29, 1.82) is 0 Å². The van der Waals surface area contributed by atoms with E-state index in [4.69, 9.17) is 5.73 Å². The molecule has 1 atom stereocenters. The lowest BCUT2D eigenvalue weighted by Gasteiger charge is -2.33. The van der Waals surface area contributed by atoms with E-state index in [1.165, 1.54) is 4.90 Å². The number of alkyl halides is 3. The van der Waals surface area contributed by atoms with Crippen molar-refractivity contribution in [3.8, 4) is 0 Å². The zero-order valence-corrected chi connectivity index (χ0v) is 11.7. The summed E-state index contributed by atoms with van der Waals surface area (Å²) in [5.74, 6) is -1.74. The van der Waals surface area contributed by atoms with Crippen LogP contribution in [0.25, 0.3) is 0 Å². The third kappa shape index (κ3) is 3.97. The predicted octanol–water partition coefficient (Wildman–Crippen LogP) is 2.60. The Labute approximate surface area is 121 Å². The van der Waals surface area contributed by atoms with Crippen molar-refractivity contribution in [2.75, 3.05) is 19.6 Å². The van der Waals surface area contributed by atoms with Crippen molar-refractivity contribution in [3.05, 3.63) is 35.4 Å². The number of hydrogen-bond acceptors (Lipinski definition) is 2. The number of halogens is 3. The molecule has 0 saturated carbocycles. The maximum Gasteiger partial charge on any atom is 0.393 e. The summed E-state index contributed by atoms with van der Waals surface area (Å²) in [7, 11) is 0. The van der Waals surface area contributed by atoms with E-state index in [1.807, 2.05) is 0 Å². The van der Waals surface area contributed by atoms with E-state index in [-0.39, 0.29) is 18.9 Å². The second-order valence-electron chi connectivity index (χ2n) is 5.37. The monoisotopic (exact) mass is 300 g/mol. The van der Waals surface area contributed by atoms with Gasteiger partial charge in [-0.15, -0.1) is 0 Å². The van der Waals surface area contributed by atoms with Crippen molar-refractivity contribution in [1.82, 2.24) is 4.90 Å². The molecule has 0 spiro atoms. The number of amides is 1. The molecule has 3 nitrogen and oxygen atoms in total. The Hall–Kier alpha value is -1.56. The van der Waals surface area contributed by atoms with Gasteiger partial charge in [-0.3, -0.25) is 4.79 Å². The van der Waals surface area contributed by atoms with Gasteiger partial charge in [0.15, 0.2) is 0 Å². The second kappa shape index (κ2) is 6.47. The van der Waals surface area contributed by atoms with Gasteiger partial charge in [0, 0.05) is 18.7 Å². The van der Waals surface area contributed by atoms with Gasteiger partial charge in [0.1, 0.15) is 0 Å². The van der Waals surface area contributed by atoms with Gasteiger partial charge in [-0.2, -0.15) is 13.2 Å². The molecule has 1 aliphatic heterocycles. The molecule has 2 rings (SSSR count). The summed E-state index contributed by atoms with van der Waals surface area (Å²) in [4.78, 5) is 13.6. The van der Waals surface area contributed by atoms with Crippen LogP contribution in [0.15, 0.2) is 24.3 Å². The molecule has 1 aliphatic rings. The average Bonchev–Trinajstić information content (AvgIpc) is 2.47. The highest BCUT2D eigenvalue weighted by molar-refractivity contribution is 5.94. The number of piperidine rings is 1. The van der Waals surface area contributed by atoms with Gasteiger partial charge in [-0.05, 0) is 43.5 Å². The highest BCUT2D eigenvalue weighted by Crippen LogP contribution is 2.33. The third-order valence-corrected chi connectivity index (χ3v) is 3.81. The number of carbonyl (C=O) groups is 1. The summed E-state index contributed by atoms with van der Waals surface area (Å²) < 4.78 is 38.3. The molecule has 6 heteroatoms. The Morgan fingerprint density at radius 2 is 1.95 bits per heavy atom. The van der Waals surface area contributed by atoms with Crippen molar-refractivity contribution in [2.45, 2.75) is 25.4 Å². The Balaban J connectivity index is 2.05. The highest BCUT2D eigenvalue weighted by Gasteiger charge is 2.42. The van der Waals surface area contributed by atoms with Gasteiger partial charge in [0.2, 0.25) is 0 Å². The van der Waals surface area contributed by atoms with E-state index in [9.17, 15) is 18.0 Å². The fourth-order valence-electron chi connectivity index (χ4n) is 2.59. The van der Waals surface area contributed by atoms with Gasteiger partial charge in [-0.1, -0.05) is 12.1 Å². The number of likely N-dealkylation sites (tertiary alicyclic amines) is 1. The number of benzene rings is 1. The number of hydrogen-bond donors (Lipinski definition) is 1. The van der Waals surface area contributed by atoms with Crippen LogP contribution in [-0.2, 0) is 6.42 Å². The molecule has 1 unspecified atom stereocenters. The Kier molecular flexibility index (Phi) is 4.88. The van der Waals surface area contributed by atoms with Crippen LogP contribution >= 0.6 is 0 Å². The van der Waals surface area contributed by atoms with Crippen LogP contribution in [0.1, 0.15) is 28.8 Å². The molecule has 0 aromatic heterocycles. The van der Waals surface area contributed by atoms with Crippen LogP contribution in [0.4, 0.5) is 13.2 Å². The van der Waals surface area contributed by atoms with Crippen LogP contribution in [0.3, 0.4) is 0 Å². The SMILES string of the molecule is NCCc1ccc(C(=O)N2CCCC(C(F)(F)F)C2)cc1. The number of rotatable bonds is 3. The summed E-state index contributed by atoms with van der Waals surface area (Å²) in [5.41, 5.74) is 6.89. The Bertz CT molecular complexity index is 485. The van der Waals surface area contributed by atoms with Crippen LogP contribution in [0.5, 0.6) is 0 Å². The topological polar surface area (TPSA) is 46.3 Å². The first-order valence-corrected chi connectivity index (χ1v) is 7.07. The molecule has 1 fully saturated rings. The number of nitrogens with zero attached hydrogens (tertiary/aromatic N) is 1. The molecule has 1 saturated heterocycles. The van der Waals surface area contributed by atoms with Crippen molar-refractivity contribution in [3.63, 3.8) is 0 Å². The van der Waals surface area contributed by atoms with Gasteiger partial charge < -0.3 is 10.6 Å². The maximum atomic E-state index is 12.8. The summed E-state index contributed by atoms with van der Waals surface area (Å²) in [6, 6.07) is 6.91. The number of nitrogens with two attached hydrogens (primary N) is 1. The molecular weight excluding hydrogens is 281 g/mol. The quantitative estimate of drug-likeness (QED) is 0.932. The molecule has 21 heavy (non-hydrogen) atoms. The summed E-state index contributed by atoms with van der Waals surface area (Å²) in [6.45, 7) is 0.662. The smallest absolute Gasteiger partial charge is 0.338 e. The minimum Gasteiger partial charge on any atom is -0.338 e. The minimum atomic E-state index is -4.23. The van der Waals surface area contributed by atoms with Crippen LogP contribution < -0.4 is 5.73 Å². The predicted molar refractivity (Wildman–Crippen MR) is 73.9 cm³/mol.